The van der Waals surface area contributed by atoms with Gasteiger partial charge in [-0.3, -0.25) is 14.9 Å². The quantitative estimate of drug-likeness (QED) is 0.588. The largest absolute Gasteiger partial charge is 0.477 e. The molecular formula is C18H22N2O4. The number of allylic oxidation sites excluding steroid dienone is 2. The predicted octanol–water partition coefficient (Wildman–Crippen LogP) is 3.73. The molecule has 1 aromatic rings. The molecule has 1 aromatic carbocycles. The van der Waals surface area contributed by atoms with Crippen molar-refractivity contribution in [3.63, 3.8) is 0 Å². The van der Waals surface area contributed by atoms with Gasteiger partial charge in [-0.1, -0.05) is 12.1 Å². The first-order valence-electron chi connectivity index (χ1n) is 8.45. The Balaban J connectivity index is 1.70. The number of aryl methyl sites for hydroxylation is 1. The molecule has 0 atom stereocenters. The molecule has 3 rings (SSSR count). The van der Waals surface area contributed by atoms with Gasteiger partial charge in [-0.25, -0.2) is 0 Å². The molecule has 2 aliphatic rings. The van der Waals surface area contributed by atoms with Crippen LogP contribution in [-0.4, -0.2) is 28.4 Å². The lowest BCUT2D eigenvalue weighted by Gasteiger charge is -2.27. The predicted molar refractivity (Wildman–Crippen MR) is 89.7 cm³/mol. The van der Waals surface area contributed by atoms with E-state index in [-0.39, 0.29) is 30.0 Å². The molecule has 128 valence electrons. The van der Waals surface area contributed by atoms with E-state index in [0.717, 1.165) is 43.4 Å². The van der Waals surface area contributed by atoms with Crippen molar-refractivity contribution in [2.75, 3.05) is 6.61 Å². The number of nitrogens with zero attached hydrogens (tertiary/aromatic N) is 2. The number of carbonyl (C=O) groups is 1. The highest BCUT2D eigenvalue weighted by Crippen LogP contribution is 2.34. The average molecular weight is 330 g/mol. The van der Waals surface area contributed by atoms with Gasteiger partial charge in [0.1, 0.15) is 0 Å². The van der Waals surface area contributed by atoms with Crippen LogP contribution < -0.4 is 4.74 Å². The third-order valence-corrected chi connectivity index (χ3v) is 4.42. The lowest BCUT2D eigenvalue weighted by molar-refractivity contribution is -0.385. The van der Waals surface area contributed by atoms with Gasteiger partial charge in [0.05, 0.1) is 4.92 Å². The number of benzene rings is 1. The van der Waals surface area contributed by atoms with Gasteiger partial charge in [-0.15, -0.1) is 0 Å². The maximum atomic E-state index is 12.6. The second kappa shape index (κ2) is 7.03. The Labute approximate surface area is 141 Å². The summed E-state index contributed by atoms with van der Waals surface area (Å²) in [5, 5.41) is 11.1. The van der Waals surface area contributed by atoms with Crippen molar-refractivity contribution in [1.29, 1.82) is 0 Å². The van der Waals surface area contributed by atoms with E-state index in [9.17, 15) is 14.9 Å². The molecule has 0 N–H and O–H groups in total. The first-order valence-corrected chi connectivity index (χ1v) is 8.45. The minimum absolute atomic E-state index is 0.0994. The molecule has 0 bridgehead atoms. The summed E-state index contributed by atoms with van der Waals surface area (Å²) in [6, 6.07) is 5.04. The molecule has 0 saturated heterocycles. The fourth-order valence-electron chi connectivity index (χ4n) is 3.07. The van der Waals surface area contributed by atoms with Crippen LogP contribution in [0.4, 0.5) is 5.69 Å². The normalized spacial score (nSPS) is 17.1. The zero-order valence-electron chi connectivity index (χ0n) is 13.9. The van der Waals surface area contributed by atoms with Gasteiger partial charge >= 0.3 is 5.69 Å². The molecule has 1 saturated carbocycles. The number of nitro benzene ring substituents is 1. The summed E-state index contributed by atoms with van der Waals surface area (Å²) in [7, 11) is 0. The van der Waals surface area contributed by atoms with Crippen molar-refractivity contribution in [3.8, 4) is 5.75 Å². The number of hydrogen-bond donors (Lipinski definition) is 0. The third-order valence-electron chi connectivity index (χ3n) is 4.42. The Bertz CT molecular complexity index is 680. The average Bonchev–Trinajstić information content (AvgIpc) is 3.39. The second-order valence-electron chi connectivity index (χ2n) is 6.45. The summed E-state index contributed by atoms with van der Waals surface area (Å²) in [4.78, 5) is 25.2. The summed E-state index contributed by atoms with van der Waals surface area (Å²) < 4.78 is 5.50. The minimum atomic E-state index is -0.477. The van der Waals surface area contributed by atoms with Crippen LogP contribution in [0, 0.1) is 17.0 Å². The van der Waals surface area contributed by atoms with Crippen LogP contribution in [-0.2, 0) is 4.79 Å². The third kappa shape index (κ3) is 3.75. The number of nitro groups is 1. The molecule has 0 aliphatic heterocycles. The number of carbonyl (C=O) groups excluding carboxylic acids is 1. The van der Waals surface area contributed by atoms with Crippen LogP contribution in [0.1, 0.15) is 44.1 Å². The van der Waals surface area contributed by atoms with Gasteiger partial charge in [-0.05, 0) is 57.1 Å². The fourth-order valence-corrected chi connectivity index (χ4v) is 3.07. The van der Waals surface area contributed by atoms with Gasteiger partial charge in [0.15, 0.2) is 12.4 Å². The van der Waals surface area contributed by atoms with E-state index in [2.05, 4.69) is 6.08 Å². The van der Waals surface area contributed by atoms with Crippen LogP contribution in [0.25, 0.3) is 0 Å². The Morgan fingerprint density at radius 3 is 2.79 bits per heavy atom. The van der Waals surface area contributed by atoms with Crippen LogP contribution in [0.2, 0.25) is 0 Å². The Morgan fingerprint density at radius 1 is 1.38 bits per heavy atom. The van der Waals surface area contributed by atoms with E-state index >= 15 is 0 Å². The van der Waals surface area contributed by atoms with Crippen LogP contribution in [0.15, 0.2) is 30.0 Å². The van der Waals surface area contributed by atoms with Gasteiger partial charge in [-0.2, -0.15) is 0 Å². The van der Waals surface area contributed by atoms with Crippen LogP contribution >= 0.6 is 0 Å². The SMILES string of the molecule is Cc1ccc(OCC(=O)N(C2=CCCCC2)C2CC2)c([N+](=O)[O-])c1. The highest BCUT2D eigenvalue weighted by atomic mass is 16.6. The topological polar surface area (TPSA) is 72.7 Å². The molecule has 0 radical (unpaired) electrons. The highest BCUT2D eigenvalue weighted by molar-refractivity contribution is 5.80. The van der Waals surface area contributed by atoms with Crippen molar-refractivity contribution in [2.24, 2.45) is 0 Å². The summed E-state index contributed by atoms with van der Waals surface area (Å²) in [5.41, 5.74) is 1.78. The van der Waals surface area contributed by atoms with E-state index in [1.54, 1.807) is 19.1 Å². The standard InChI is InChI=1S/C18H22N2O4/c1-13-7-10-17(16(11-13)20(22)23)24-12-18(21)19(15-8-9-15)14-5-3-2-4-6-14/h5,7,10-11,15H,2-4,6,8-9,12H2,1H3. The summed E-state index contributed by atoms with van der Waals surface area (Å²) in [5.74, 6) is 0.0350. The van der Waals surface area contributed by atoms with Gasteiger partial charge < -0.3 is 9.64 Å². The molecule has 2 aliphatic carbocycles. The minimum Gasteiger partial charge on any atom is -0.477 e. The van der Waals surface area contributed by atoms with Crippen LogP contribution in [0.5, 0.6) is 5.75 Å². The summed E-state index contributed by atoms with van der Waals surface area (Å²) >= 11 is 0. The zero-order chi connectivity index (χ0) is 17.1. The smallest absolute Gasteiger partial charge is 0.311 e. The summed E-state index contributed by atoms with van der Waals surface area (Å²) in [6.45, 7) is 1.62. The first kappa shape index (κ1) is 16.5. The Morgan fingerprint density at radius 2 is 2.17 bits per heavy atom. The molecule has 24 heavy (non-hydrogen) atoms. The van der Waals surface area contributed by atoms with Crippen molar-refractivity contribution >= 4 is 11.6 Å². The molecule has 6 heteroatoms. The maximum Gasteiger partial charge on any atom is 0.311 e. The number of amides is 1. The number of hydrogen-bond acceptors (Lipinski definition) is 4. The van der Waals surface area contributed by atoms with E-state index in [1.807, 2.05) is 4.90 Å². The van der Waals surface area contributed by atoms with Crippen molar-refractivity contribution in [3.05, 3.63) is 45.6 Å². The second-order valence-corrected chi connectivity index (χ2v) is 6.45. The fraction of sp³-hybridized carbons (Fsp3) is 0.500. The van der Waals surface area contributed by atoms with E-state index < -0.39 is 4.92 Å². The van der Waals surface area contributed by atoms with E-state index in [1.165, 1.54) is 12.5 Å². The van der Waals surface area contributed by atoms with Crippen molar-refractivity contribution in [1.82, 2.24) is 4.90 Å². The number of ether oxygens (including phenoxy) is 1. The molecule has 0 heterocycles. The van der Waals surface area contributed by atoms with Gasteiger partial charge in [0.25, 0.3) is 5.91 Å². The van der Waals surface area contributed by atoms with Gasteiger partial charge in [0.2, 0.25) is 0 Å². The molecule has 1 fully saturated rings. The lowest BCUT2D eigenvalue weighted by atomic mass is 10.0. The van der Waals surface area contributed by atoms with Crippen molar-refractivity contribution < 1.29 is 14.5 Å². The highest BCUT2D eigenvalue weighted by Gasteiger charge is 2.35. The molecule has 1 amide bonds. The Hall–Kier alpha value is -2.37. The van der Waals surface area contributed by atoms with E-state index in [0.29, 0.717) is 0 Å². The molecule has 0 unspecified atom stereocenters. The van der Waals surface area contributed by atoms with Gasteiger partial charge in [0, 0.05) is 17.8 Å². The first-order chi connectivity index (χ1) is 11.6. The monoisotopic (exact) mass is 330 g/mol. The zero-order valence-corrected chi connectivity index (χ0v) is 13.9. The molecule has 0 aromatic heterocycles. The van der Waals surface area contributed by atoms with Crippen molar-refractivity contribution in [2.45, 2.75) is 51.5 Å². The van der Waals surface area contributed by atoms with E-state index in [4.69, 9.17) is 4.74 Å². The molecule has 6 nitrogen and oxygen atoms in total. The lowest BCUT2D eigenvalue weighted by Crippen LogP contribution is -2.36. The molecular weight excluding hydrogens is 308 g/mol. The maximum absolute atomic E-state index is 12.6. The number of rotatable bonds is 6. The molecule has 0 spiro atoms. The Kier molecular flexibility index (Phi) is 4.83. The summed E-state index contributed by atoms with van der Waals surface area (Å²) in [6.07, 6.45) is 8.40. The van der Waals surface area contributed by atoms with Crippen LogP contribution in [0.3, 0.4) is 0 Å².